The highest BCUT2D eigenvalue weighted by atomic mass is 35.5. The summed E-state index contributed by atoms with van der Waals surface area (Å²) in [5.41, 5.74) is 2.20. The molecule has 0 unspecified atom stereocenters. The molecule has 5 heteroatoms. The molecule has 0 saturated carbocycles. The van der Waals surface area contributed by atoms with Gasteiger partial charge in [0.25, 0.3) is 0 Å². The minimum Gasteiger partial charge on any atom is -0.323 e. The van der Waals surface area contributed by atoms with Crippen molar-refractivity contribution in [1.29, 1.82) is 5.26 Å². The Bertz CT molecular complexity index is 848. The molecule has 0 radical (unpaired) electrons. The number of nitriles is 1. The zero-order valence-electron chi connectivity index (χ0n) is 11.1. The lowest BCUT2D eigenvalue weighted by atomic mass is 10.2. The van der Waals surface area contributed by atoms with E-state index in [2.05, 4.69) is 11.1 Å². The maximum absolute atomic E-state index is 14.0. The van der Waals surface area contributed by atoms with Gasteiger partial charge in [0.1, 0.15) is 11.6 Å². The third kappa shape index (κ3) is 2.61. The van der Waals surface area contributed by atoms with Gasteiger partial charge in [-0.3, -0.25) is 0 Å². The molecule has 1 aromatic heterocycles. The molecule has 0 aliphatic rings. The standard InChI is InChI=1S/C16H11ClFN3/c17-12-6-5-11(13(18)9-12)10-21-15-4-2-1-3-14(15)20-16(21)7-8-19/h1-6,9H,7,10H2. The van der Waals surface area contributed by atoms with Crippen LogP contribution in [0.5, 0.6) is 0 Å². The predicted octanol–water partition coefficient (Wildman–Crippen LogP) is 3.94. The van der Waals surface area contributed by atoms with Crippen LogP contribution in [-0.2, 0) is 13.0 Å². The number of rotatable bonds is 3. The van der Waals surface area contributed by atoms with Gasteiger partial charge < -0.3 is 4.57 Å². The summed E-state index contributed by atoms with van der Waals surface area (Å²) in [6.45, 7) is 0.320. The van der Waals surface area contributed by atoms with Crippen LogP contribution in [0, 0.1) is 17.1 Å². The molecule has 3 rings (SSSR count). The van der Waals surface area contributed by atoms with Crippen molar-refractivity contribution < 1.29 is 4.39 Å². The Morgan fingerprint density at radius 1 is 1.24 bits per heavy atom. The fourth-order valence-electron chi connectivity index (χ4n) is 2.33. The summed E-state index contributed by atoms with van der Waals surface area (Å²) in [6, 6.07) is 14.3. The Balaban J connectivity index is 2.10. The van der Waals surface area contributed by atoms with Gasteiger partial charge in [0.2, 0.25) is 0 Å². The third-order valence-corrected chi connectivity index (χ3v) is 3.55. The molecule has 0 aliphatic heterocycles. The largest absolute Gasteiger partial charge is 0.323 e. The van der Waals surface area contributed by atoms with Crippen LogP contribution in [0.1, 0.15) is 11.4 Å². The first-order chi connectivity index (χ1) is 10.2. The summed E-state index contributed by atoms with van der Waals surface area (Å²) in [5.74, 6) is 0.274. The van der Waals surface area contributed by atoms with E-state index in [0.29, 0.717) is 23.0 Å². The molecule has 0 spiro atoms. The van der Waals surface area contributed by atoms with Crippen molar-refractivity contribution in [2.24, 2.45) is 0 Å². The number of benzene rings is 2. The molecular formula is C16H11ClFN3. The lowest BCUT2D eigenvalue weighted by Gasteiger charge is -2.09. The number of hydrogen-bond donors (Lipinski definition) is 0. The van der Waals surface area contributed by atoms with E-state index in [4.69, 9.17) is 16.9 Å². The normalized spacial score (nSPS) is 10.7. The van der Waals surface area contributed by atoms with Crippen LogP contribution >= 0.6 is 11.6 Å². The van der Waals surface area contributed by atoms with Crippen LogP contribution in [0.2, 0.25) is 5.02 Å². The smallest absolute Gasteiger partial charge is 0.129 e. The average Bonchev–Trinajstić information content (AvgIpc) is 2.80. The SMILES string of the molecule is N#CCc1nc2ccccc2n1Cc1ccc(Cl)cc1F. The van der Waals surface area contributed by atoms with Gasteiger partial charge in [0.15, 0.2) is 0 Å². The molecule has 1 heterocycles. The fourth-order valence-corrected chi connectivity index (χ4v) is 2.49. The molecule has 0 amide bonds. The Morgan fingerprint density at radius 2 is 2.05 bits per heavy atom. The summed E-state index contributed by atoms with van der Waals surface area (Å²) < 4.78 is 15.8. The number of nitrogens with zero attached hydrogens (tertiary/aromatic N) is 3. The van der Waals surface area contributed by atoms with E-state index < -0.39 is 0 Å². The van der Waals surface area contributed by atoms with E-state index >= 15 is 0 Å². The second-order valence-electron chi connectivity index (χ2n) is 4.67. The van der Waals surface area contributed by atoms with E-state index in [1.807, 2.05) is 28.8 Å². The van der Waals surface area contributed by atoms with Gasteiger partial charge in [0.05, 0.1) is 30.1 Å². The van der Waals surface area contributed by atoms with Crippen molar-refractivity contribution in [3.05, 3.63) is 64.7 Å². The summed E-state index contributed by atoms with van der Waals surface area (Å²) in [4.78, 5) is 4.44. The second-order valence-corrected chi connectivity index (χ2v) is 5.11. The van der Waals surface area contributed by atoms with Gasteiger partial charge in [-0.25, -0.2) is 9.37 Å². The third-order valence-electron chi connectivity index (χ3n) is 3.31. The Morgan fingerprint density at radius 3 is 2.81 bits per heavy atom. The van der Waals surface area contributed by atoms with Crippen molar-refractivity contribution in [2.75, 3.05) is 0 Å². The first-order valence-corrected chi connectivity index (χ1v) is 6.82. The number of aromatic nitrogens is 2. The minimum absolute atomic E-state index is 0.184. The molecule has 3 aromatic rings. The van der Waals surface area contributed by atoms with Crippen molar-refractivity contribution in [2.45, 2.75) is 13.0 Å². The van der Waals surface area contributed by atoms with Crippen molar-refractivity contribution in [3.8, 4) is 6.07 Å². The molecule has 0 aliphatic carbocycles. The summed E-state index contributed by atoms with van der Waals surface area (Å²) >= 11 is 5.77. The van der Waals surface area contributed by atoms with E-state index in [9.17, 15) is 4.39 Å². The average molecular weight is 300 g/mol. The summed E-state index contributed by atoms with van der Waals surface area (Å²) in [7, 11) is 0. The Labute approximate surface area is 126 Å². The lowest BCUT2D eigenvalue weighted by molar-refractivity contribution is 0.599. The van der Waals surface area contributed by atoms with Crippen LogP contribution in [0.25, 0.3) is 11.0 Å². The summed E-state index contributed by atoms with van der Waals surface area (Å²) in [6.07, 6.45) is 0.184. The number of halogens is 2. The number of fused-ring (bicyclic) bond motifs is 1. The molecule has 21 heavy (non-hydrogen) atoms. The number of hydrogen-bond acceptors (Lipinski definition) is 2. The molecule has 0 saturated heterocycles. The zero-order valence-corrected chi connectivity index (χ0v) is 11.8. The first kappa shape index (κ1) is 13.6. The van der Waals surface area contributed by atoms with Crippen LogP contribution in [0.3, 0.4) is 0 Å². The topological polar surface area (TPSA) is 41.6 Å². The monoisotopic (exact) mass is 299 g/mol. The fraction of sp³-hybridized carbons (Fsp3) is 0.125. The summed E-state index contributed by atoms with van der Waals surface area (Å²) in [5, 5.41) is 9.30. The van der Waals surface area contributed by atoms with Crippen molar-refractivity contribution in [1.82, 2.24) is 9.55 Å². The molecule has 0 fully saturated rings. The van der Waals surface area contributed by atoms with Gasteiger partial charge in [-0.1, -0.05) is 29.8 Å². The molecule has 0 bridgehead atoms. The lowest BCUT2D eigenvalue weighted by Crippen LogP contribution is -2.06. The molecule has 3 nitrogen and oxygen atoms in total. The van der Waals surface area contributed by atoms with Crippen LogP contribution in [0.4, 0.5) is 4.39 Å². The molecule has 0 N–H and O–H groups in total. The van der Waals surface area contributed by atoms with Crippen LogP contribution in [0.15, 0.2) is 42.5 Å². The number of para-hydroxylation sites is 2. The van der Waals surface area contributed by atoms with E-state index in [-0.39, 0.29) is 12.2 Å². The quantitative estimate of drug-likeness (QED) is 0.735. The molecule has 0 atom stereocenters. The minimum atomic E-state index is -0.358. The van der Waals surface area contributed by atoms with Gasteiger partial charge in [0, 0.05) is 10.6 Å². The van der Waals surface area contributed by atoms with Gasteiger partial charge in [-0.15, -0.1) is 0 Å². The Hall–Kier alpha value is -2.38. The first-order valence-electron chi connectivity index (χ1n) is 6.44. The van der Waals surface area contributed by atoms with E-state index in [1.54, 1.807) is 12.1 Å². The molecule has 104 valence electrons. The molecular weight excluding hydrogens is 289 g/mol. The maximum atomic E-state index is 14.0. The maximum Gasteiger partial charge on any atom is 0.129 e. The highest BCUT2D eigenvalue weighted by Crippen LogP contribution is 2.21. The Kier molecular flexibility index (Phi) is 3.59. The number of imidazole rings is 1. The van der Waals surface area contributed by atoms with Crippen molar-refractivity contribution >= 4 is 22.6 Å². The highest BCUT2D eigenvalue weighted by molar-refractivity contribution is 6.30. The predicted molar refractivity (Wildman–Crippen MR) is 79.6 cm³/mol. The van der Waals surface area contributed by atoms with Gasteiger partial charge >= 0.3 is 0 Å². The zero-order chi connectivity index (χ0) is 14.8. The van der Waals surface area contributed by atoms with Gasteiger partial charge in [-0.2, -0.15) is 5.26 Å². The van der Waals surface area contributed by atoms with E-state index in [0.717, 1.165) is 11.0 Å². The van der Waals surface area contributed by atoms with E-state index in [1.165, 1.54) is 6.07 Å². The van der Waals surface area contributed by atoms with Crippen molar-refractivity contribution in [3.63, 3.8) is 0 Å². The van der Waals surface area contributed by atoms with Crippen LogP contribution in [-0.4, -0.2) is 9.55 Å². The second kappa shape index (κ2) is 5.55. The van der Waals surface area contributed by atoms with Crippen LogP contribution < -0.4 is 0 Å². The van der Waals surface area contributed by atoms with Gasteiger partial charge in [-0.05, 0) is 24.3 Å². The molecule has 2 aromatic carbocycles. The highest BCUT2D eigenvalue weighted by Gasteiger charge is 2.12.